The van der Waals surface area contributed by atoms with E-state index in [-0.39, 0.29) is 30.9 Å². The summed E-state index contributed by atoms with van der Waals surface area (Å²) in [5, 5.41) is 8.93. The van der Waals surface area contributed by atoms with Crippen LogP contribution in [-0.2, 0) is 16.1 Å². The van der Waals surface area contributed by atoms with Crippen molar-refractivity contribution in [3.8, 4) is 17.6 Å². The molecule has 0 atom stereocenters. The van der Waals surface area contributed by atoms with Gasteiger partial charge in [-0.1, -0.05) is 18.2 Å². The fourth-order valence-electron chi connectivity index (χ4n) is 2.90. The number of imide groups is 1. The number of benzene rings is 2. The summed E-state index contributed by atoms with van der Waals surface area (Å²) in [6.45, 7) is 0.724. The Labute approximate surface area is 198 Å². The van der Waals surface area contributed by atoms with E-state index in [2.05, 4.69) is 28.7 Å². The largest absolute Gasteiger partial charge is 0.493 e. The average Bonchev–Trinajstić information content (AvgIpc) is 3.03. The van der Waals surface area contributed by atoms with Crippen molar-refractivity contribution in [2.45, 2.75) is 6.61 Å². The van der Waals surface area contributed by atoms with Crippen molar-refractivity contribution in [2.75, 3.05) is 27.4 Å². The number of hydrogen-bond acceptors (Lipinski definition) is 7. The predicted molar refractivity (Wildman–Crippen MR) is 126 cm³/mol. The summed E-state index contributed by atoms with van der Waals surface area (Å²) in [4.78, 5) is 26.2. The van der Waals surface area contributed by atoms with Crippen LogP contribution in [0.25, 0.3) is 6.08 Å². The van der Waals surface area contributed by atoms with Crippen LogP contribution < -0.4 is 9.47 Å². The zero-order valence-corrected chi connectivity index (χ0v) is 19.9. The number of rotatable bonds is 8. The Morgan fingerprint density at radius 2 is 2.00 bits per heavy atom. The third-order valence-electron chi connectivity index (χ3n) is 4.45. The highest BCUT2D eigenvalue weighted by Gasteiger charge is 2.34. The smallest absolute Gasteiger partial charge is 0.293 e. The van der Waals surface area contributed by atoms with Crippen LogP contribution in [0.3, 0.4) is 0 Å². The Kier molecular flexibility index (Phi) is 7.95. The van der Waals surface area contributed by atoms with Gasteiger partial charge in [0.05, 0.1) is 40.4 Å². The minimum absolute atomic E-state index is 0.216. The number of carbonyl (C=O) groups is 2. The maximum absolute atomic E-state index is 12.5. The zero-order valence-electron chi connectivity index (χ0n) is 16.9. The van der Waals surface area contributed by atoms with Gasteiger partial charge >= 0.3 is 0 Å². The molecular weight excluding hydrogens is 531 g/mol. The summed E-state index contributed by atoms with van der Waals surface area (Å²) >= 11 is 3.03. The lowest BCUT2D eigenvalue weighted by Crippen LogP contribution is -2.31. The van der Waals surface area contributed by atoms with E-state index >= 15 is 0 Å². The fourth-order valence-corrected chi connectivity index (χ4v) is 4.54. The second kappa shape index (κ2) is 10.7. The van der Waals surface area contributed by atoms with Gasteiger partial charge in [-0.3, -0.25) is 14.5 Å². The molecular formula is C22H19IN2O5S. The van der Waals surface area contributed by atoms with Crippen molar-refractivity contribution in [2.24, 2.45) is 0 Å². The van der Waals surface area contributed by atoms with Gasteiger partial charge < -0.3 is 14.2 Å². The minimum atomic E-state index is -0.338. The van der Waals surface area contributed by atoms with Crippen molar-refractivity contribution >= 4 is 51.6 Å². The van der Waals surface area contributed by atoms with Gasteiger partial charge in [0, 0.05) is 12.7 Å². The van der Waals surface area contributed by atoms with Gasteiger partial charge in [-0.15, -0.1) is 0 Å². The Morgan fingerprint density at radius 1 is 1.23 bits per heavy atom. The van der Waals surface area contributed by atoms with Crippen LogP contribution >= 0.6 is 34.4 Å². The van der Waals surface area contributed by atoms with Gasteiger partial charge in [0.1, 0.15) is 6.61 Å². The maximum atomic E-state index is 12.5. The fraction of sp³-hybridized carbons (Fsp3) is 0.227. The molecule has 0 radical (unpaired) electrons. The third-order valence-corrected chi connectivity index (χ3v) is 6.16. The van der Waals surface area contributed by atoms with Gasteiger partial charge in [0.15, 0.2) is 11.5 Å². The molecule has 1 aliphatic rings. The Balaban J connectivity index is 1.83. The van der Waals surface area contributed by atoms with Gasteiger partial charge in [-0.05, 0) is 64.2 Å². The number of amides is 2. The molecule has 9 heteroatoms. The number of halogens is 1. The first-order chi connectivity index (χ1) is 15.0. The highest BCUT2D eigenvalue weighted by molar-refractivity contribution is 14.1. The standard InChI is InChI=1S/C22H19IN2O5S/c1-28-8-7-25-21(26)19(31-22(25)27)11-14-9-17(23)20(18(10-14)29-2)30-13-16-6-4-3-5-15(16)12-24/h3-6,9-11H,7-8,13H2,1-2H3/b19-11+. The Bertz CT molecular complexity index is 1080. The summed E-state index contributed by atoms with van der Waals surface area (Å²) < 4.78 is 17.2. The first-order valence-corrected chi connectivity index (χ1v) is 11.1. The third kappa shape index (κ3) is 5.39. The quantitative estimate of drug-likeness (QED) is 0.355. The van der Waals surface area contributed by atoms with Crippen LogP contribution in [0.4, 0.5) is 4.79 Å². The Hall–Kier alpha value is -2.55. The SMILES string of the molecule is COCCN1C(=O)S/C(=C/c2cc(I)c(OCc3ccccc3C#N)c(OC)c2)C1=O. The van der Waals surface area contributed by atoms with Crippen molar-refractivity contribution in [1.29, 1.82) is 5.26 Å². The summed E-state index contributed by atoms with van der Waals surface area (Å²) in [7, 11) is 3.05. The molecule has 2 aromatic rings. The van der Waals surface area contributed by atoms with Crippen LogP contribution in [0.2, 0.25) is 0 Å². The first kappa shape index (κ1) is 23.1. The zero-order chi connectivity index (χ0) is 22.4. The molecule has 0 saturated carbocycles. The summed E-state index contributed by atoms with van der Waals surface area (Å²) in [5.74, 6) is 0.696. The maximum Gasteiger partial charge on any atom is 0.293 e. The average molecular weight is 550 g/mol. The number of nitrogens with zero attached hydrogens (tertiary/aromatic N) is 2. The van der Waals surface area contributed by atoms with Crippen LogP contribution in [0.15, 0.2) is 41.3 Å². The van der Waals surface area contributed by atoms with E-state index in [0.29, 0.717) is 27.5 Å². The van der Waals surface area contributed by atoms with Gasteiger partial charge in [-0.2, -0.15) is 5.26 Å². The molecule has 1 heterocycles. The molecule has 1 aliphatic heterocycles. The van der Waals surface area contributed by atoms with Crippen molar-refractivity contribution < 1.29 is 23.8 Å². The molecule has 0 unspecified atom stereocenters. The van der Waals surface area contributed by atoms with Crippen LogP contribution in [-0.4, -0.2) is 43.4 Å². The van der Waals surface area contributed by atoms with Crippen molar-refractivity contribution in [3.05, 3.63) is 61.6 Å². The van der Waals surface area contributed by atoms with E-state index in [1.165, 1.54) is 19.1 Å². The normalized spacial score (nSPS) is 14.8. The molecule has 1 fully saturated rings. The second-order valence-corrected chi connectivity index (χ2v) is 8.57. The molecule has 0 spiro atoms. The van der Waals surface area contributed by atoms with E-state index in [1.54, 1.807) is 24.3 Å². The van der Waals surface area contributed by atoms with E-state index in [4.69, 9.17) is 14.2 Å². The van der Waals surface area contributed by atoms with Gasteiger partial charge in [-0.25, -0.2) is 0 Å². The number of hydrogen-bond donors (Lipinski definition) is 0. The van der Waals surface area contributed by atoms with Crippen LogP contribution in [0, 0.1) is 14.9 Å². The molecule has 3 rings (SSSR count). The molecule has 0 aliphatic carbocycles. The molecule has 2 amide bonds. The second-order valence-electron chi connectivity index (χ2n) is 6.42. The first-order valence-electron chi connectivity index (χ1n) is 9.21. The molecule has 0 bridgehead atoms. The van der Waals surface area contributed by atoms with Gasteiger partial charge in [0.25, 0.3) is 11.1 Å². The monoisotopic (exact) mass is 550 g/mol. The number of thioether (sulfide) groups is 1. The number of carbonyl (C=O) groups excluding carboxylic acids is 2. The van der Waals surface area contributed by atoms with E-state index < -0.39 is 0 Å². The highest BCUT2D eigenvalue weighted by Crippen LogP contribution is 2.37. The lowest BCUT2D eigenvalue weighted by molar-refractivity contribution is -0.123. The van der Waals surface area contributed by atoms with Crippen LogP contribution in [0.1, 0.15) is 16.7 Å². The molecule has 1 saturated heterocycles. The van der Waals surface area contributed by atoms with E-state index in [1.807, 2.05) is 18.2 Å². The van der Waals surface area contributed by atoms with Crippen molar-refractivity contribution in [3.63, 3.8) is 0 Å². The van der Waals surface area contributed by atoms with Gasteiger partial charge in [0.2, 0.25) is 0 Å². The Morgan fingerprint density at radius 3 is 2.71 bits per heavy atom. The van der Waals surface area contributed by atoms with E-state index in [9.17, 15) is 14.9 Å². The number of methoxy groups -OCH3 is 2. The molecule has 2 aromatic carbocycles. The summed E-state index contributed by atoms with van der Waals surface area (Å²) in [6.07, 6.45) is 1.66. The summed E-state index contributed by atoms with van der Waals surface area (Å²) in [5.41, 5.74) is 2.04. The molecule has 0 N–H and O–H groups in total. The summed E-state index contributed by atoms with van der Waals surface area (Å²) in [6, 6.07) is 13.0. The lowest BCUT2D eigenvalue weighted by Gasteiger charge is -2.14. The highest BCUT2D eigenvalue weighted by atomic mass is 127. The molecule has 7 nitrogen and oxygen atoms in total. The predicted octanol–water partition coefficient (Wildman–Crippen LogP) is 4.43. The topological polar surface area (TPSA) is 88.9 Å². The molecule has 0 aromatic heterocycles. The van der Waals surface area contributed by atoms with Crippen molar-refractivity contribution in [1.82, 2.24) is 4.90 Å². The van der Waals surface area contributed by atoms with Crippen LogP contribution in [0.5, 0.6) is 11.5 Å². The molecule has 31 heavy (non-hydrogen) atoms. The minimum Gasteiger partial charge on any atom is -0.493 e. The number of nitriles is 1. The van der Waals surface area contributed by atoms with E-state index in [0.717, 1.165) is 20.9 Å². The lowest BCUT2D eigenvalue weighted by atomic mass is 10.1. The molecule has 160 valence electrons. The number of ether oxygens (including phenoxy) is 3.